The highest BCUT2D eigenvalue weighted by Crippen LogP contribution is 2.23. The molecule has 6 heteroatoms. The number of carbonyl (C=O) groups is 2. The van der Waals surface area contributed by atoms with Crippen LogP contribution in [0.25, 0.3) is 0 Å². The smallest absolute Gasteiger partial charge is 0.339 e. The van der Waals surface area contributed by atoms with Crippen LogP contribution in [-0.4, -0.2) is 24.7 Å². The van der Waals surface area contributed by atoms with Crippen LogP contribution in [0.5, 0.6) is 0 Å². The fourth-order valence-corrected chi connectivity index (χ4v) is 2.75. The maximum Gasteiger partial charge on any atom is 0.339 e. The van der Waals surface area contributed by atoms with Crippen molar-refractivity contribution < 1.29 is 14.3 Å². The van der Waals surface area contributed by atoms with Gasteiger partial charge >= 0.3 is 5.97 Å². The summed E-state index contributed by atoms with van der Waals surface area (Å²) in [6, 6.07) is 12.5. The molecule has 0 aliphatic carbocycles. The first-order valence-electron chi connectivity index (χ1n) is 6.87. The summed E-state index contributed by atoms with van der Waals surface area (Å²) in [6.07, 6.45) is 0. The van der Waals surface area contributed by atoms with Crippen LogP contribution in [-0.2, 0) is 9.53 Å². The lowest BCUT2D eigenvalue weighted by atomic mass is 10.2. The maximum absolute atomic E-state index is 12.1. The van der Waals surface area contributed by atoms with E-state index in [0.29, 0.717) is 10.7 Å². The molecule has 0 aliphatic rings. The molecule has 0 saturated carbocycles. The second-order valence-corrected chi connectivity index (χ2v) is 6.32. The molecule has 23 heavy (non-hydrogen) atoms. The van der Waals surface area contributed by atoms with Crippen molar-refractivity contribution in [3.8, 4) is 0 Å². The Kier molecular flexibility index (Phi) is 6.07. The summed E-state index contributed by atoms with van der Waals surface area (Å²) in [5, 5.41) is 3.13. The molecule has 2 rings (SSSR count). The van der Waals surface area contributed by atoms with Crippen LogP contribution >= 0.6 is 23.4 Å². The fourth-order valence-electron chi connectivity index (χ4n) is 1.88. The highest BCUT2D eigenvalue weighted by molar-refractivity contribution is 8.00. The van der Waals surface area contributed by atoms with Gasteiger partial charge in [-0.15, -0.1) is 11.8 Å². The van der Waals surface area contributed by atoms with Gasteiger partial charge in [-0.2, -0.15) is 0 Å². The van der Waals surface area contributed by atoms with E-state index in [9.17, 15) is 9.59 Å². The van der Waals surface area contributed by atoms with Crippen molar-refractivity contribution in [1.82, 2.24) is 0 Å². The molecule has 0 radical (unpaired) electrons. The van der Waals surface area contributed by atoms with Gasteiger partial charge in [0.15, 0.2) is 0 Å². The van der Waals surface area contributed by atoms with Crippen LogP contribution < -0.4 is 5.32 Å². The molecule has 1 amide bonds. The molecule has 0 aliphatic heterocycles. The van der Waals surface area contributed by atoms with Gasteiger partial charge in [0.05, 0.1) is 24.1 Å². The Morgan fingerprint density at radius 2 is 1.87 bits per heavy atom. The van der Waals surface area contributed by atoms with Crippen molar-refractivity contribution in [2.75, 3.05) is 18.2 Å². The van der Waals surface area contributed by atoms with Crippen LogP contribution in [0.2, 0.25) is 5.02 Å². The Bertz CT molecular complexity index is 716. The minimum atomic E-state index is -0.525. The van der Waals surface area contributed by atoms with E-state index < -0.39 is 5.97 Å². The number of anilines is 1. The lowest BCUT2D eigenvalue weighted by Crippen LogP contribution is -2.17. The Morgan fingerprint density at radius 3 is 2.52 bits per heavy atom. The van der Waals surface area contributed by atoms with Crippen molar-refractivity contribution in [3.63, 3.8) is 0 Å². The number of methoxy groups -OCH3 is 1. The van der Waals surface area contributed by atoms with E-state index in [-0.39, 0.29) is 17.2 Å². The zero-order valence-electron chi connectivity index (χ0n) is 12.8. The molecule has 0 saturated heterocycles. The maximum atomic E-state index is 12.1. The number of thioether (sulfide) groups is 1. The minimum absolute atomic E-state index is 0.219. The van der Waals surface area contributed by atoms with Gasteiger partial charge in [0.1, 0.15) is 0 Å². The summed E-state index contributed by atoms with van der Waals surface area (Å²) < 4.78 is 4.70. The SMILES string of the molecule is COC(=O)c1ccc(Cl)cc1NC(=O)CSc1ccc(C)cc1. The van der Waals surface area contributed by atoms with Crippen molar-refractivity contribution >= 4 is 40.9 Å². The van der Waals surface area contributed by atoms with Crippen LogP contribution in [0.1, 0.15) is 15.9 Å². The Hall–Kier alpha value is -1.98. The largest absolute Gasteiger partial charge is 0.465 e. The number of benzene rings is 2. The third-order valence-electron chi connectivity index (χ3n) is 3.05. The third-order valence-corrected chi connectivity index (χ3v) is 4.30. The molecule has 1 N–H and O–H groups in total. The monoisotopic (exact) mass is 349 g/mol. The number of ether oxygens (including phenoxy) is 1. The summed E-state index contributed by atoms with van der Waals surface area (Å²) in [6.45, 7) is 2.01. The van der Waals surface area contributed by atoms with Gasteiger partial charge in [0.25, 0.3) is 0 Å². The molecule has 0 aromatic heterocycles. The number of carbonyl (C=O) groups excluding carboxylic acids is 2. The number of esters is 1. The molecule has 0 spiro atoms. The van der Waals surface area contributed by atoms with Gasteiger partial charge in [-0.05, 0) is 37.3 Å². The highest BCUT2D eigenvalue weighted by Gasteiger charge is 2.14. The number of aryl methyl sites for hydroxylation is 1. The Balaban J connectivity index is 2.03. The fraction of sp³-hybridized carbons (Fsp3) is 0.176. The van der Waals surface area contributed by atoms with Crippen molar-refractivity contribution in [3.05, 3.63) is 58.6 Å². The van der Waals surface area contributed by atoms with E-state index in [1.165, 1.54) is 36.6 Å². The molecular formula is C17H16ClNO3S. The molecule has 4 nitrogen and oxygen atoms in total. The van der Waals surface area contributed by atoms with Gasteiger partial charge in [0, 0.05) is 9.92 Å². The number of halogens is 1. The standard InChI is InChI=1S/C17H16ClNO3S/c1-11-3-6-13(7-4-11)23-10-16(20)19-15-9-12(18)5-8-14(15)17(21)22-2/h3-9H,10H2,1-2H3,(H,19,20). The van der Waals surface area contributed by atoms with Crippen molar-refractivity contribution in [2.45, 2.75) is 11.8 Å². The summed E-state index contributed by atoms with van der Waals surface area (Å²) >= 11 is 7.35. The van der Waals surface area contributed by atoms with Crippen LogP contribution in [0.4, 0.5) is 5.69 Å². The van der Waals surface area contributed by atoms with Gasteiger partial charge in [-0.3, -0.25) is 4.79 Å². The quantitative estimate of drug-likeness (QED) is 0.650. The predicted molar refractivity (Wildman–Crippen MR) is 93.3 cm³/mol. The number of hydrogen-bond donors (Lipinski definition) is 1. The van der Waals surface area contributed by atoms with Gasteiger partial charge in [0.2, 0.25) is 5.91 Å². The van der Waals surface area contributed by atoms with Gasteiger partial charge in [-0.1, -0.05) is 29.3 Å². The van der Waals surface area contributed by atoms with E-state index in [1.807, 2.05) is 31.2 Å². The second-order valence-electron chi connectivity index (χ2n) is 4.83. The van der Waals surface area contributed by atoms with E-state index in [1.54, 1.807) is 6.07 Å². The average Bonchev–Trinajstić information content (AvgIpc) is 2.54. The lowest BCUT2D eigenvalue weighted by molar-refractivity contribution is -0.113. The summed E-state index contributed by atoms with van der Waals surface area (Å²) in [5.74, 6) is -0.512. The molecular weight excluding hydrogens is 334 g/mol. The number of nitrogens with one attached hydrogen (secondary N) is 1. The van der Waals surface area contributed by atoms with Gasteiger partial charge in [-0.25, -0.2) is 4.79 Å². The van der Waals surface area contributed by atoms with Crippen LogP contribution in [0.15, 0.2) is 47.4 Å². The predicted octanol–water partition coefficient (Wildman–Crippen LogP) is 4.17. The molecule has 0 fully saturated rings. The van der Waals surface area contributed by atoms with Crippen molar-refractivity contribution in [2.24, 2.45) is 0 Å². The summed E-state index contributed by atoms with van der Waals surface area (Å²) in [5.41, 5.74) is 1.78. The van der Waals surface area contributed by atoms with E-state index in [0.717, 1.165) is 4.90 Å². The topological polar surface area (TPSA) is 55.4 Å². The summed E-state index contributed by atoms with van der Waals surface area (Å²) in [4.78, 5) is 24.8. The second kappa shape index (κ2) is 8.04. The van der Waals surface area contributed by atoms with E-state index in [4.69, 9.17) is 16.3 Å². The zero-order valence-corrected chi connectivity index (χ0v) is 14.3. The summed E-state index contributed by atoms with van der Waals surface area (Å²) in [7, 11) is 1.29. The van der Waals surface area contributed by atoms with E-state index >= 15 is 0 Å². The first-order chi connectivity index (χ1) is 11.0. The molecule has 0 bridgehead atoms. The van der Waals surface area contributed by atoms with E-state index in [2.05, 4.69) is 5.32 Å². The molecule has 0 heterocycles. The molecule has 0 unspecified atom stereocenters. The highest BCUT2D eigenvalue weighted by atomic mass is 35.5. The normalized spacial score (nSPS) is 10.2. The number of rotatable bonds is 5. The third kappa shape index (κ3) is 5.01. The van der Waals surface area contributed by atoms with Gasteiger partial charge < -0.3 is 10.1 Å². The Labute approximate surface area is 144 Å². The first-order valence-corrected chi connectivity index (χ1v) is 8.23. The average molecular weight is 350 g/mol. The van der Waals surface area contributed by atoms with Crippen LogP contribution in [0.3, 0.4) is 0 Å². The van der Waals surface area contributed by atoms with Crippen molar-refractivity contribution in [1.29, 1.82) is 0 Å². The minimum Gasteiger partial charge on any atom is -0.465 e. The molecule has 0 atom stereocenters. The van der Waals surface area contributed by atoms with Crippen LogP contribution in [0, 0.1) is 6.92 Å². The number of amides is 1. The Morgan fingerprint density at radius 1 is 1.17 bits per heavy atom. The number of hydrogen-bond acceptors (Lipinski definition) is 4. The first kappa shape index (κ1) is 17.4. The molecule has 2 aromatic carbocycles. The molecule has 2 aromatic rings. The zero-order chi connectivity index (χ0) is 16.8. The lowest BCUT2D eigenvalue weighted by Gasteiger charge is -2.10. The molecule has 120 valence electrons.